The highest BCUT2D eigenvalue weighted by Gasteiger charge is 2.30. The first-order chi connectivity index (χ1) is 8.08. The van der Waals surface area contributed by atoms with Gasteiger partial charge in [-0.05, 0) is 43.5 Å². The number of halogens is 1. The lowest BCUT2D eigenvalue weighted by atomic mass is 10.1. The summed E-state index contributed by atoms with van der Waals surface area (Å²) >= 11 is 5.97. The van der Waals surface area contributed by atoms with Gasteiger partial charge in [-0.25, -0.2) is 0 Å². The number of carboxylic acid groups (broad SMARTS) is 1. The molecule has 0 aliphatic carbocycles. The topological polar surface area (TPSA) is 40.5 Å². The fraction of sp³-hybridized carbons (Fsp3) is 0.462. The van der Waals surface area contributed by atoms with Crippen LogP contribution in [0.4, 0.5) is 0 Å². The smallest absolute Gasteiger partial charge is 0.320 e. The van der Waals surface area contributed by atoms with Crippen molar-refractivity contribution in [1.82, 2.24) is 4.90 Å². The molecule has 1 aliphatic rings. The van der Waals surface area contributed by atoms with E-state index in [0.717, 1.165) is 35.5 Å². The summed E-state index contributed by atoms with van der Waals surface area (Å²) < 4.78 is 0. The Hall–Kier alpha value is -1.06. The minimum Gasteiger partial charge on any atom is -0.480 e. The molecule has 17 heavy (non-hydrogen) atoms. The third kappa shape index (κ3) is 2.79. The van der Waals surface area contributed by atoms with Crippen LogP contribution in [0.25, 0.3) is 0 Å². The minimum atomic E-state index is -0.715. The van der Waals surface area contributed by atoms with Crippen LogP contribution < -0.4 is 0 Å². The van der Waals surface area contributed by atoms with Gasteiger partial charge in [0.25, 0.3) is 0 Å². The molecule has 0 radical (unpaired) electrons. The Morgan fingerprint density at radius 1 is 1.59 bits per heavy atom. The molecule has 1 fully saturated rings. The van der Waals surface area contributed by atoms with Crippen LogP contribution >= 0.6 is 11.6 Å². The monoisotopic (exact) mass is 253 g/mol. The van der Waals surface area contributed by atoms with Gasteiger partial charge in [-0.2, -0.15) is 0 Å². The third-order valence-corrected chi connectivity index (χ3v) is 3.68. The highest BCUT2D eigenvalue weighted by molar-refractivity contribution is 6.31. The maximum absolute atomic E-state index is 11.1. The van der Waals surface area contributed by atoms with Gasteiger partial charge in [-0.1, -0.05) is 23.7 Å². The lowest BCUT2D eigenvalue weighted by Gasteiger charge is -2.21. The van der Waals surface area contributed by atoms with E-state index >= 15 is 0 Å². The number of hydrogen-bond donors (Lipinski definition) is 1. The quantitative estimate of drug-likeness (QED) is 0.901. The van der Waals surface area contributed by atoms with Gasteiger partial charge in [0.1, 0.15) is 6.04 Å². The Kier molecular flexibility index (Phi) is 3.69. The Morgan fingerprint density at radius 2 is 2.35 bits per heavy atom. The van der Waals surface area contributed by atoms with E-state index in [2.05, 4.69) is 0 Å². The first-order valence-electron chi connectivity index (χ1n) is 5.80. The fourth-order valence-corrected chi connectivity index (χ4v) is 2.45. The normalized spacial score (nSPS) is 20.7. The third-order valence-electron chi connectivity index (χ3n) is 3.26. The number of aryl methyl sites for hydroxylation is 1. The lowest BCUT2D eigenvalue weighted by molar-refractivity contribution is -0.142. The van der Waals surface area contributed by atoms with E-state index in [-0.39, 0.29) is 6.04 Å². The molecule has 0 bridgehead atoms. The molecule has 0 saturated carbocycles. The summed E-state index contributed by atoms with van der Waals surface area (Å²) in [6.07, 6.45) is 1.71. The standard InChI is InChI=1S/C13H16ClNO2/c1-9-7-10(4-5-11(9)14)8-15-6-2-3-12(15)13(16)17/h4-5,7,12H,2-3,6,8H2,1H3,(H,16,17)/t12-/m0/s1. The van der Waals surface area contributed by atoms with E-state index in [0.29, 0.717) is 6.54 Å². The van der Waals surface area contributed by atoms with Crippen LogP contribution in [0, 0.1) is 6.92 Å². The Balaban J connectivity index is 2.09. The molecule has 2 rings (SSSR count). The molecule has 4 heteroatoms. The van der Waals surface area contributed by atoms with Crippen molar-refractivity contribution in [3.8, 4) is 0 Å². The van der Waals surface area contributed by atoms with Gasteiger partial charge in [0, 0.05) is 11.6 Å². The average Bonchev–Trinajstić information content (AvgIpc) is 2.72. The van der Waals surface area contributed by atoms with Gasteiger partial charge in [0.05, 0.1) is 0 Å². The van der Waals surface area contributed by atoms with Crippen molar-refractivity contribution in [3.05, 3.63) is 34.3 Å². The van der Waals surface area contributed by atoms with Crippen LogP contribution in [0.15, 0.2) is 18.2 Å². The number of likely N-dealkylation sites (tertiary alicyclic amines) is 1. The number of carbonyl (C=O) groups is 1. The van der Waals surface area contributed by atoms with Crippen LogP contribution in [0.2, 0.25) is 5.02 Å². The van der Waals surface area contributed by atoms with E-state index in [9.17, 15) is 4.79 Å². The second-order valence-electron chi connectivity index (χ2n) is 4.55. The van der Waals surface area contributed by atoms with Crippen LogP contribution in [0.3, 0.4) is 0 Å². The fourth-order valence-electron chi connectivity index (χ4n) is 2.33. The number of aliphatic carboxylic acids is 1. The zero-order valence-corrected chi connectivity index (χ0v) is 10.6. The van der Waals surface area contributed by atoms with Gasteiger partial charge in [0.15, 0.2) is 0 Å². The molecule has 1 aromatic carbocycles. The molecule has 0 amide bonds. The molecule has 0 unspecified atom stereocenters. The van der Waals surface area contributed by atoms with Crippen molar-refractivity contribution in [2.75, 3.05) is 6.54 Å². The molecule has 0 aromatic heterocycles. The Labute approximate surface area is 106 Å². The van der Waals surface area contributed by atoms with Gasteiger partial charge in [-0.3, -0.25) is 9.69 Å². The number of nitrogens with zero attached hydrogens (tertiary/aromatic N) is 1. The predicted octanol–water partition coefficient (Wildman–Crippen LogP) is 2.70. The highest BCUT2D eigenvalue weighted by atomic mass is 35.5. The molecule has 1 saturated heterocycles. The first-order valence-corrected chi connectivity index (χ1v) is 6.17. The van der Waals surface area contributed by atoms with Crippen molar-refractivity contribution in [2.45, 2.75) is 32.4 Å². The molecule has 1 atom stereocenters. The first kappa shape index (κ1) is 12.4. The Morgan fingerprint density at radius 3 is 3.00 bits per heavy atom. The van der Waals surface area contributed by atoms with Gasteiger partial charge < -0.3 is 5.11 Å². The van der Waals surface area contributed by atoms with Crippen molar-refractivity contribution in [1.29, 1.82) is 0 Å². The summed E-state index contributed by atoms with van der Waals surface area (Å²) in [4.78, 5) is 13.1. The van der Waals surface area contributed by atoms with Gasteiger partial charge >= 0.3 is 5.97 Å². The van der Waals surface area contributed by atoms with Crippen LogP contribution in [0.5, 0.6) is 0 Å². The van der Waals surface area contributed by atoms with Crippen LogP contribution in [0.1, 0.15) is 24.0 Å². The van der Waals surface area contributed by atoms with Crippen molar-refractivity contribution >= 4 is 17.6 Å². The lowest BCUT2D eigenvalue weighted by Crippen LogP contribution is -2.35. The van der Waals surface area contributed by atoms with E-state index in [1.165, 1.54) is 0 Å². The summed E-state index contributed by atoms with van der Waals surface area (Å²) in [6, 6.07) is 5.54. The molecule has 3 nitrogen and oxygen atoms in total. The largest absolute Gasteiger partial charge is 0.480 e. The van der Waals surface area contributed by atoms with Crippen molar-refractivity contribution in [2.24, 2.45) is 0 Å². The number of hydrogen-bond acceptors (Lipinski definition) is 2. The molecule has 1 aliphatic heterocycles. The molecule has 0 spiro atoms. The van der Waals surface area contributed by atoms with Gasteiger partial charge in [0.2, 0.25) is 0 Å². The average molecular weight is 254 g/mol. The van der Waals surface area contributed by atoms with E-state index in [1.54, 1.807) is 0 Å². The summed E-state index contributed by atoms with van der Waals surface area (Å²) in [7, 11) is 0. The Bertz CT molecular complexity index is 433. The molecular weight excluding hydrogens is 238 g/mol. The molecule has 1 aromatic rings. The molecule has 1 heterocycles. The van der Waals surface area contributed by atoms with E-state index < -0.39 is 5.97 Å². The summed E-state index contributed by atoms with van der Waals surface area (Å²) in [5.74, 6) is -0.715. The zero-order chi connectivity index (χ0) is 12.4. The summed E-state index contributed by atoms with van der Waals surface area (Å²) in [5, 5.41) is 9.85. The highest BCUT2D eigenvalue weighted by Crippen LogP contribution is 2.22. The minimum absolute atomic E-state index is 0.328. The van der Waals surface area contributed by atoms with Crippen molar-refractivity contribution in [3.63, 3.8) is 0 Å². The second kappa shape index (κ2) is 5.07. The zero-order valence-electron chi connectivity index (χ0n) is 9.82. The second-order valence-corrected chi connectivity index (χ2v) is 4.96. The summed E-state index contributed by atoms with van der Waals surface area (Å²) in [6.45, 7) is 3.51. The van der Waals surface area contributed by atoms with Crippen LogP contribution in [-0.2, 0) is 11.3 Å². The van der Waals surface area contributed by atoms with E-state index in [4.69, 9.17) is 16.7 Å². The maximum Gasteiger partial charge on any atom is 0.320 e. The van der Waals surface area contributed by atoms with Crippen molar-refractivity contribution < 1.29 is 9.90 Å². The maximum atomic E-state index is 11.1. The number of rotatable bonds is 3. The molecular formula is C13H16ClNO2. The number of benzene rings is 1. The van der Waals surface area contributed by atoms with Gasteiger partial charge in [-0.15, -0.1) is 0 Å². The molecule has 1 N–H and O–H groups in total. The van der Waals surface area contributed by atoms with E-state index in [1.807, 2.05) is 30.0 Å². The molecule has 92 valence electrons. The number of carboxylic acids is 1. The SMILES string of the molecule is Cc1cc(CN2CCC[C@H]2C(=O)O)ccc1Cl. The summed E-state index contributed by atoms with van der Waals surface area (Å²) in [5.41, 5.74) is 2.16. The van der Waals surface area contributed by atoms with Crippen LogP contribution in [-0.4, -0.2) is 28.6 Å². The predicted molar refractivity (Wildman–Crippen MR) is 67.3 cm³/mol.